The highest BCUT2D eigenvalue weighted by Gasteiger charge is 2.64. The third kappa shape index (κ3) is 6.04. The zero-order valence-corrected chi connectivity index (χ0v) is 34.1. The fourth-order valence-electron chi connectivity index (χ4n) is 8.96. The molecule has 0 spiro atoms. The van der Waals surface area contributed by atoms with Crippen molar-refractivity contribution >= 4 is 35.4 Å². The maximum absolute atomic E-state index is 13.7. The quantitative estimate of drug-likeness (QED) is 0.107. The minimum absolute atomic E-state index is 0.00627. The number of rotatable bonds is 10. The predicted octanol–water partition coefficient (Wildman–Crippen LogP) is 7.13. The smallest absolute Gasteiger partial charge is 0.339 e. The Hall–Kier alpha value is -5.11. The Labute approximate surface area is 332 Å². The Morgan fingerprint density at radius 3 is 2.09 bits per heavy atom. The first kappa shape index (κ1) is 37.5. The first-order chi connectivity index (χ1) is 27.4. The number of benzene rings is 5. The second kappa shape index (κ2) is 13.8. The summed E-state index contributed by atoms with van der Waals surface area (Å²) < 4.78 is 63.1. The maximum atomic E-state index is 13.7. The standard InChI is InChI=1S/C45H46O11Si/c1-43(2,3)57(28-14-10-8-11-15-28,29-16-12-9-13-17-29)53-25-45-24-50-42(40(45)55-44(4,5)56-45)54-39-31-22-35(48-7)34(47-6)21-30(31)37(38-32(39)23-49-41(38)46)27-18-19-33-36(20-27)52-26-51-33/h8-22,40,42H,23-26H2,1-7H3/t40-,42?,45-/m0/s1. The molecule has 4 aliphatic rings. The largest absolute Gasteiger partial charge is 0.493 e. The molecule has 3 atom stereocenters. The lowest BCUT2D eigenvalue weighted by molar-refractivity contribution is -0.211. The van der Waals surface area contributed by atoms with E-state index in [1.807, 2.05) is 56.3 Å². The van der Waals surface area contributed by atoms with E-state index in [4.69, 9.17) is 47.1 Å². The summed E-state index contributed by atoms with van der Waals surface area (Å²) in [6.07, 6.45) is -1.65. The Morgan fingerprint density at radius 1 is 0.789 bits per heavy atom. The van der Waals surface area contributed by atoms with Crippen molar-refractivity contribution in [2.45, 2.75) is 70.0 Å². The summed E-state index contributed by atoms with van der Waals surface area (Å²) in [5.74, 6) is 1.14. The highest BCUT2D eigenvalue weighted by molar-refractivity contribution is 6.99. The molecule has 296 valence electrons. The molecule has 2 saturated heterocycles. The van der Waals surface area contributed by atoms with E-state index < -0.39 is 38.1 Å². The number of cyclic esters (lactones) is 1. The lowest BCUT2D eigenvalue weighted by Crippen LogP contribution is -2.68. The second-order valence-electron chi connectivity index (χ2n) is 16.3. The average molecular weight is 791 g/mol. The first-order valence-corrected chi connectivity index (χ1v) is 21.0. The number of hydrogen-bond acceptors (Lipinski definition) is 11. The molecule has 2 fully saturated rings. The van der Waals surface area contributed by atoms with E-state index in [9.17, 15) is 4.79 Å². The molecule has 0 N–H and O–H groups in total. The molecule has 0 radical (unpaired) electrons. The molecule has 0 saturated carbocycles. The normalized spacial score (nSPS) is 22.0. The first-order valence-electron chi connectivity index (χ1n) is 19.1. The third-order valence-electron chi connectivity index (χ3n) is 11.4. The SMILES string of the molecule is COc1cc2c(OC3OC[C@@]4(CO[Si](c5ccccc5)(c5ccccc5)C(C)(C)C)OC(C)(C)O[C@@H]34)c3c(c(-c4ccc5c(c4)OCO5)c2cc1OC)C(=O)OC3. The topological polar surface area (TPSA) is 109 Å². The van der Waals surface area contributed by atoms with Crippen molar-refractivity contribution < 1.29 is 51.9 Å². The van der Waals surface area contributed by atoms with E-state index in [1.54, 1.807) is 14.2 Å². The average Bonchev–Trinajstić information content (AvgIpc) is 3.97. The van der Waals surface area contributed by atoms with Crippen molar-refractivity contribution in [2.75, 3.05) is 34.2 Å². The van der Waals surface area contributed by atoms with Crippen molar-refractivity contribution in [2.24, 2.45) is 0 Å². The van der Waals surface area contributed by atoms with E-state index >= 15 is 0 Å². The van der Waals surface area contributed by atoms with E-state index in [0.29, 0.717) is 56.2 Å². The maximum Gasteiger partial charge on any atom is 0.339 e. The third-order valence-corrected chi connectivity index (χ3v) is 16.4. The monoisotopic (exact) mass is 790 g/mol. The van der Waals surface area contributed by atoms with Gasteiger partial charge in [0.25, 0.3) is 8.32 Å². The molecule has 0 amide bonds. The van der Waals surface area contributed by atoms with Gasteiger partial charge in [-0.05, 0) is 64.5 Å². The number of methoxy groups -OCH3 is 2. The van der Waals surface area contributed by atoms with Crippen molar-refractivity contribution in [3.8, 4) is 39.9 Å². The van der Waals surface area contributed by atoms with Crippen LogP contribution in [0.3, 0.4) is 0 Å². The molecule has 57 heavy (non-hydrogen) atoms. The number of carbonyl (C=O) groups is 1. The van der Waals surface area contributed by atoms with Crippen LogP contribution in [0.4, 0.5) is 0 Å². The Kier molecular flexibility index (Phi) is 9.05. The van der Waals surface area contributed by atoms with Gasteiger partial charge in [-0.15, -0.1) is 0 Å². The molecule has 5 aromatic rings. The summed E-state index contributed by atoms with van der Waals surface area (Å²) in [4.78, 5) is 13.7. The number of ether oxygens (including phenoxy) is 9. The van der Waals surface area contributed by atoms with Gasteiger partial charge in [-0.1, -0.05) is 87.5 Å². The number of esters is 1. The minimum Gasteiger partial charge on any atom is -0.493 e. The van der Waals surface area contributed by atoms with E-state index in [2.05, 4.69) is 69.3 Å². The zero-order chi connectivity index (χ0) is 39.7. The van der Waals surface area contributed by atoms with Crippen LogP contribution in [0.1, 0.15) is 50.5 Å². The fraction of sp³-hybridized carbons (Fsp3) is 0.356. The highest BCUT2D eigenvalue weighted by atomic mass is 28.4. The Bertz CT molecular complexity index is 2320. The number of carbonyl (C=O) groups excluding carboxylic acids is 1. The Balaban J connectivity index is 1.14. The van der Waals surface area contributed by atoms with Crippen molar-refractivity contribution in [3.05, 3.63) is 102 Å². The van der Waals surface area contributed by atoms with Crippen LogP contribution in [0.25, 0.3) is 21.9 Å². The van der Waals surface area contributed by atoms with Gasteiger partial charge in [0.05, 0.1) is 33.0 Å². The molecule has 0 bridgehead atoms. The van der Waals surface area contributed by atoms with E-state index in [0.717, 1.165) is 15.9 Å². The van der Waals surface area contributed by atoms with Gasteiger partial charge in [-0.25, -0.2) is 4.79 Å². The van der Waals surface area contributed by atoms with Gasteiger partial charge < -0.3 is 47.1 Å². The fourth-order valence-corrected chi connectivity index (χ4v) is 13.6. The van der Waals surface area contributed by atoms with Gasteiger partial charge in [-0.2, -0.15) is 0 Å². The van der Waals surface area contributed by atoms with Gasteiger partial charge in [-0.3, -0.25) is 0 Å². The minimum atomic E-state index is -2.98. The van der Waals surface area contributed by atoms with Gasteiger partial charge in [0.15, 0.2) is 34.9 Å². The molecular formula is C45H46O11Si. The zero-order valence-electron chi connectivity index (χ0n) is 33.1. The molecule has 9 rings (SSSR count). The van der Waals surface area contributed by atoms with Crippen LogP contribution < -0.4 is 34.1 Å². The molecule has 5 aromatic carbocycles. The summed E-state index contributed by atoms with van der Waals surface area (Å²) in [5, 5.41) is 3.39. The Morgan fingerprint density at radius 2 is 1.44 bits per heavy atom. The molecule has 0 aromatic heterocycles. The van der Waals surface area contributed by atoms with E-state index in [-0.39, 0.29) is 31.7 Å². The molecule has 4 heterocycles. The van der Waals surface area contributed by atoms with Crippen LogP contribution in [-0.2, 0) is 30.0 Å². The van der Waals surface area contributed by atoms with Gasteiger partial charge >= 0.3 is 5.97 Å². The van der Waals surface area contributed by atoms with Crippen molar-refractivity contribution in [1.29, 1.82) is 0 Å². The van der Waals surface area contributed by atoms with Gasteiger partial charge in [0, 0.05) is 16.5 Å². The molecule has 4 aliphatic heterocycles. The molecular weight excluding hydrogens is 745 g/mol. The van der Waals surface area contributed by atoms with Crippen LogP contribution in [-0.4, -0.2) is 72.3 Å². The van der Waals surface area contributed by atoms with Crippen LogP contribution in [0.2, 0.25) is 5.04 Å². The highest BCUT2D eigenvalue weighted by Crippen LogP contribution is 2.52. The van der Waals surface area contributed by atoms with Gasteiger partial charge in [0.2, 0.25) is 13.1 Å². The van der Waals surface area contributed by atoms with Crippen LogP contribution >= 0.6 is 0 Å². The lowest BCUT2D eigenvalue weighted by Gasteiger charge is -2.44. The molecule has 12 heteroatoms. The van der Waals surface area contributed by atoms with Crippen molar-refractivity contribution in [3.63, 3.8) is 0 Å². The molecule has 11 nitrogen and oxygen atoms in total. The molecule has 1 unspecified atom stereocenters. The summed E-state index contributed by atoms with van der Waals surface area (Å²) in [6, 6.07) is 30.3. The second-order valence-corrected chi connectivity index (χ2v) is 20.6. The predicted molar refractivity (Wildman–Crippen MR) is 214 cm³/mol. The lowest BCUT2D eigenvalue weighted by atomic mass is 9.89. The summed E-state index contributed by atoms with van der Waals surface area (Å²) in [7, 11) is 0.175. The van der Waals surface area contributed by atoms with Crippen molar-refractivity contribution in [1.82, 2.24) is 0 Å². The summed E-state index contributed by atoms with van der Waals surface area (Å²) in [5.41, 5.74) is 1.32. The van der Waals surface area contributed by atoms with Crippen LogP contribution in [0.5, 0.6) is 28.7 Å². The number of hydrogen-bond donors (Lipinski definition) is 0. The van der Waals surface area contributed by atoms with Crippen LogP contribution in [0.15, 0.2) is 91.0 Å². The number of fused-ring (bicyclic) bond motifs is 4. The summed E-state index contributed by atoms with van der Waals surface area (Å²) >= 11 is 0. The summed E-state index contributed by atoms with van der Waals surface area (Å²) in [6.45, 7) is 11.0. The van der Waals surface area contributed by atoms with Crippen LogP contribution in [0, 0.1) is 0 Å². The van der Waals surface area contributed by atoms with E-state index in [1.165, 1.54) is 0 Å². The molecule has 0 aliphatic carbocycles. The van der Waals surface area contributed by atoms with Gasteiger partial charge in [0.1, 0.15) is 18.0 Å².